The van der Waals surface area contributed by atoms with Crippen molar-refractivity contribution in [3.8, 4) is 5.75 Å². The van der Waals surface area contributed by atoms with E-state index in [1.165, 1.54) is 5.56 Å². The summed E-state index contributed by atoms with van der Waals surface area (Å²) in [7, 11) is 0. The highest BCUT2D eigenvalue weighted by atomic mass is 16.3. The SMILES string of the molecule is Oc1ccccc1NCCc1ccccc1. The first-order valence-electron chi connectivity index (χ1n) is 5.42. The van der Waals surface area contributed by atoms with E-state index in [-0.39, 0.29) is 0 Å². The normalized spacial score (nSPS) is 10.0. The first-order chi connectivity index (χ1) is 7.86. The van der Waals surface area contributed by atoms with Crippen molar-refractivity contribution in [3.05, 3.63) is 60.2 Å². The van der Waals surface area contributed by atoms with Gasteiger partial charge in [0.05, 0.1) is 5.69 Å². The minimum absolute atomic E-state index is 0.301. The molecule has 2 aromatic carbocycles. The fourth-order valence-corrected chi connectivity index (χ4v) is 1.61. The summed E-state index contributed by atoms with van der Waals surface area (Å²) >= 11 is 0. The minimum Gasteiger partial charge on any atom is -0.506 e. The summed E-state index contributed by atoms with van der Waals surface area (Å²) in [6.45, 7) is 0.821. The Kier molecular flexibility index (Phi) is 3.44. The van der Waals surface area contributed by atoms with Crippen LogP contribution in [-0.2, 0) is 6.42 Å². The standard InChI is InChI=1S/C14H15NO/c16-14-9-5-4-8-13(14)15-11-10-12-6-2-1-3-7-12/h1-9,15-16H,10-11H2. The third-order valence-corrected chi connectivity index (χ3v) is 2.48. The highest BCUT2D eigenvalue weighted by Crippen LogP contribution is 2.21. The number of rotatable bonds is 4. The summed E-state index contributed by atoms with van der Waals surface area (Å²) < 4.78 is 0. The number of benzene rings is 2. The maximum absolute atomic E-state index is 9.55. The second kappa shape index (κ2) is 5.21. The summed E-state index contributed by atoms with van der Waals surface area (Å²) in [5, 5.41) is 12.8. The van der Waals surface area contributed by atoms with E-state index in [1.807, 2.05) is 36.4 Å². The molecule has 0 aliphatic heterocycles. The highest BCUT2D eigenvalue weighted by Gasteiger charge is 1.97. The topological polar surface area (TPSA) is 32.3 Å². The third-order valence-electron chi connectivity index (χ3n) is 2.48. The molecule has 2 aromatic rings. The van der Waals surface area contributed by atoms with Gasteiger partial charge in [-0.05, 0) is 24.1 Å². The molecule has 0 bridgehead atoms. The zero-order chi connectivity index (χ0) is 11.2. The molecule has 0 aromatic heterocycles. The lowest BCUT2D eigenvalue weighted by Crippen LogP contribution is -2.04. The average Bonchev–Trinajstić information content (AvgIpc) is 2.33. The Bertz CT molecular complexity index is 439. The van der Waals surface area contributed by atoms with Crippen LogP contribution in [0.3, 0.4) is 0 Å². The van der Waals surface area contributed by atoms with Gasteiger partial charge in [-0.2, -0.15) is 0 Å². The van der Waals surface area contributed by atoms with E-state index in [4.69, 9.17) is 0 Å². The predicted octanol–water partition coefficient (Wildman–Crippen LogP) is 3.05. The number of nitrogens with one attached hydrogen (secondary N) is 1. The number of hydrogen-bond acceptors (Lipinski definition) is 2. The molecule has 16 heavy (non-hydrogen) atoms. The lowest BCUT2D eigenvalue weighted by atomic mass is 10.1. The summed E-state index contributed by atoms with van der Waals surface area (Å²) in [5.41, 5.74) is 2.09. The van der Waals surface area contributed by atoms with Crippen LogP contribution in [0.25, 0.3) is 0 Å². The van der Waals surface area contributed by atoms with Gasteiger partial charge in [-0.3, -0.25) is 0 Å². The van der Waals surface area contributed by atoms with Crippen molar-refractivity contribution in [2.45, 2.75) is 6.42 Å². The van der Waals surface area contributed by atoms with Crippen molar-refractivity contribution in [2.75, 3.05) is 11.9 Å². The van der Waals surface area contributed by atoms with E-state index in [2.05, 4.69) is 17.4 Å². The molecule has 2 N–H and O–H groups in total. The van der Waals surface area contributed by atoms with E-state index >= 15 is 0 Å². The Hall–Kier alpha value is -1.96. The molecule has 0 amide bonds. The van der Waals surface area contributed by atoms with Crippen LogP contribution >= 0.6 is 0 Å². The van der Waals surface area contributed by atoms with Crippen molar-refractivity contribution >= 4 is 5.69 Å². The van der Waals surface area contributed by atoms with Gasteiger partial charge in [-0.1, -0.05) is 42.5 Å². The van der Waals surface area contributed by atoms with Crippen LogP contribution in [0.2, 0.25) is 0 Å². The number of anilines is 1. The molecule has 0 saturated heterocycles. The van der Waals surface area contributed by atoms with Gasteiger partial charge in [0.2, 0.25) is 0 Å². The van der Waals surface area contributed by atoms with Crippen LogP contribution in [0.1, 0.15) is 5.56 Å². The Morgan fingerprint density at radius 1 is 0.875 bits per heavy atom. The first kappa shape index (κ1) is 10.6. The van der Waals surface area contributed by atoms with Crippen molar-refractivity contribution in [2.24, 2.45) is 0 Å². The Morgan fingerprint density at radius 2 is 1.56 bits per heavy atom. The van der Waals surface area contributed by atoms with Crippen LogP contribution < -0.4 is 5.32 Å². The molecule has 0 heterocycles. The Morgan fingerprint density at radius 3 is 2.31 bits per heavy atom. The monoisotopic (exact) mass is 213 g/mol. The summed E-state index contributed by atoms with van der Waals surface area (Å²) in [4.78, 5) is 0. The first-order valence-corrected chi connectivity index (χ1v) is 5.42. The van der Waals surface area contributed by atoms with Gasteiger partial charge in [-0.15, -0.1) is 0 Å². The van der Waals surface area contributed by atoms with Crippen LogP contribution in [0.4, 0.5) is 5.69 Å². The molecule has 0 aliphatic rings. The minimum atomic E-state index is 0.301. The maximum atomic E-state index is 9.55. The zero-order valence-electron chi connectivity index (χ0n) is 9.06. The van der Waals surface area contributed by atoms with Gasteiger partial charge in [0.25, 0.3) is 0 Å². The molecule has 0 aliphatic carbocycles. The molecule has 82 valence electrons. The molecule has 0 atom stereocenters. The molecule has 0 unspecified atom stereocenters. The van der Waals surface area contributed by atoms with Gasteiger partial charge in [0, 0.05) is 6.54 Å². The second-order valence-electron chi connectivity index (χ2n) is 3.68. The second-order valence-corrected chi connectivity index (χ2v) is 3.68. The molecule has 2 heteroatoms. The molecule has 0 saturated carbocycles. The fraction of sp³-hybridized carbons (Fsp3) is 0.143. The summed E-state index contributed by atoms with van der Waals surface area (Å²) in [5.74, 6) is 0.301. The predicted molar refractivity (Wildman–Crippen MR) is 66.7 cm³/mol. The molecular formula is C14H15NO. The van der Waals surface area contributed by atoms with Crippen molar-refractivity contribution in [3.63, 3.8) is 0 Å². The smallest absolute Gasteiger partial charge is 0.138 e. The van der Waals surface area contributed by atoms with Crippen LogP contribution in [0.5, 0.6) is 5.75 Å². The summed E-state index contributed by atoms with van der Waals surface area (Å²) in [6, 6.07) is 17.6. The number of phenols is 1. The number of phenolic OH excluding ortho intramolecular Hbond substituents is 1. The van der Waals surface area contributed by atoms with Gasteiger partial charge in [0.15, 0.2) is 0 Å². The lowest BCUT2D eigenvalue weighted by Gasteiger charge is -2.07. The molecule has 0 fully saturated rings. The molecule has 2 nitrogen and oxygen atoms in total. The Labute approximate surface area is 95.6 Å². The molecule has 0 radical (unpaired) electrons. The molecule has 2 rings (SSSR count). The maximum Gasteiger partial charge on any atom is 0.138 e. The van der Waals surface area contributed by atoms with Gasteiger partial charge in [0.1, 0.15) is 5.75 Å². The Balaban J connectivity index is 1.87. The van der Waals surface area contributed by atoms with Crippen molar-refractivity contribution in [1.82, 2.24) is 0 Å². The van der Waals surface area contributed by atoms with Crippen LogP contribution in [0, 0.1) is 0 Å². The lowest BCUT2D eigenvalue weighted by molar-refractivity contribution is 0.477. The molecule has 0 spiro atoms. The van der Waals surface area contributed by atoms with E-state index in [0.717, 1.165) is 18.7 Å². The highest BCUT2D eigenvalue weighted by molar-refractivity contribution is 5.55. The van der Waals surface area contributed by atoms with Crippen LogP contribution in [-0.4, -0.2) is 11.7 Å². The van der Waals surface area contributed by atoms with Crippen molar-refractivity contribution in [1.29, 1.82) is 0 Å². The zero-order valence-corrected chi connectivity index (χ0v) is 9.06. The van der Waals surface area contributed by atoms with Gasteiger partial charge >= 0.3 is 0 Å². The van der Waals surface area contributed by atoms with Gasteiger partial charge in [-0.25, -0.2) is 0 Å². The number of para-hydroxylation sites is 2. The van der Waals surface area contributed by atoms with E-state index in [0.29, 0.717) is 5.75 Å². The van der Waals surface area contributed by atoms with E-state index < -0.39 is 0 Å². The van der Waals surface area contributed by atoms with Gasteiger partial charge < -0.3 is 10.4 Å². The quantitative estimate of drug-likeness (QED) is 0.765. The number of hydrogen-bond donors (Lipinski definition) is 2. The number of aromatic hydroxyl groups is 1. The molecular weight excluding hydrogens is 198 g/mol. The van der Waals surface area contributed by atoms with Crippen LogP contribution in [0.15, 0.2) is 54.6 Å². The largest absolute Gasteiger partial charge is 0.506 e. The summed E-state index contributed by atoms with van der Waals surface area (Å²) in [6.07, 6.45) is 0.954. The third kappa shape index (κ3) is 2.76. The fourth-order valence-electron chi connectivity index (χ4n) is 1.61. The van der Waals surface area contributed by atoms with E-state index in [1.54, 1.807) is 6.07 Å². The van der Waals surface area contributed by atoms with E-state index in [9.17, 15) is 5.11 Å². The average molecular weight is 213 g/mol. The van der Waals surface area contributed by atoms with Crippen molar-refractivity contribution < 1.29 is 5.11 Å².